The lowest BCUT2D eigenvalue weighted by molar-refractivity contribution is -0.0885. The number of morpholine rings is 1. The summed E-state index contributed by atoms with van der Waals surface area (Å²) < 4.78 is 5.75. The maximum absolute atomic E-state index is 5.75. The van der Waals surface area contributed by atoms with Gasteiger partial charge in [0.25, 0.3) is 0 Å². The molecule has 21 heavy (non-hydrogen) atoms. The molecule has 0 aliphatic carbocycles. The van der Waals surface area contributed by atoms with Crippen molar-refractivity contribution < 1.29 is 4.74 Å². The van der Waals surface area contributed by atoms with Crippen LogP contribution in [-0.2, 0) is 17.8 Å². The quantitative estimate of drug-likeness (QED) is 0.873. The van der Waals surface area contributed by atoms with Crippen molar-refractivity contribution in [1.29, 1.82) is 0 Å². The molecule has 118 valence electrons. The van der Waals surface area contributed by atoms with E-state index < -0.39 is 0 Å². The van der Waals surface area contributed by atoms with Gasteiger partial charge in [-0.1, -0.05) is 19.9 Å². The molecule has 0 saturated carbocycles. The Labute approximate surface area is 128 Å². The van der Waals surface area contributed by atoms with Crippen LogP contribution in [0.5, 0.6) is 0 Å². The average molecular weight is 291 g/mol. The second-order valence-electron chi connectivity index (χ2n) is 7.00. The molecular weight excluding hydrogens is 262 g/mol. The van der Waals surface area contributed by atoms with Crippen molar-refractivity contribution in [3.05, 3.63) is 29.6 Å². The lowest BCUT2D eigenvalue weighted by Crippen LogP contribution is -2.47. The van der Waals surface area contributed by atoms with E-state index in [-0.39, 0.29) is 5.60 Å². The summed E-state index contributed by atoms with van der Waals surface area (Å²) in [5.74, 6) is 0.682. The Balaban J connectivity index is 1.82. The molecule has 0 atom stereocenters. The highest BCUT2D eigenvalue weighted by Crippen LogP contribution is 2.17. The van der Waals surface area contributed by atoms with Crippen LogP contribution < -0.4 is 5.32 Å². The van der Waals surface area contributed by atoms with Crippen molar-refractivity contribution in [2.75, 3.05) is 26.2 Å². The van der Waals surface area contributed by atoms with Crippen LogP contribution in [0.4, 0.5) is 0 Å². The van der Waals surface area contributed by atoms with E-state index in [1.807, 2.05) is 6.20 Å². The van der Waals surface area contributed by atoms with Gasteiger partial charge in [-0.3, -0.25) is 9.88 Å². The Kier molecular flexibility index (Phi) is 5.73. The summed E-state index contributed by atoms with van der Waals surface area (Å²) in [4.78, 5) is 7.01. The number of pyridine rings is 1. The predicted molar refractivity (Wildman–Crippen MR) is 86.1 cm³/mol. The molecule has 0 aromatic carbocycles. The molecule has 4 heteroatoms. The number of aromatic nitrogens is 1. The van der Waals surface area contributed by atoms with Gasteiger partial charge in [-0.15, -0.1) is 0 Å². The van der Waals surface area contributed by atoms with E-state index >= 15 is 0 Å². The van der Waals surface area contributed by atoms with Crippen LogP contribution in [0, 0.1) is 5.92 Å². The normalized spacial score (nSPS) is 19.1. The zero-order valence-corrected chi connectivity index (χ0v) is 13.9. The smallest absolute Gasteiger partial charge is 0.0753 e. The summed E-state index contributed by atoms with van der Waals surface area (Å²) in [6.45, 7) is 14.4. The van der Waals surface area contributed by atoms with Crippen LogP contribution in [0.15, 0.2) is 18.3 Å². The third-order valence-corrected chi connectivity index (χ3v) is 3.66. The average Bonchev–Trinajstić information content (AvgIpc) is 2.39. The first kappa shape index (κ1) is 16.4. The van der Waals surface area contributed by atoms with E-state index in [9.17, 15) is 0 Å². The molecule has 0 spiro atoms. The Morgan fingerprint density at radius 2 is 2.19 bits per heavy atom. The summed E-state index contributed by atoms with van der Waals surface area (Å²) >= 11 is 0. The second-order valence-corrected chi connectivity index (χ2v) is 7.00. The van der Waals surface area contributed by atoms with Crippen LogP contribution >= 0.6 is 0 Å². The topological polar surface area (TPSA) is 37.4 Å². The molecule has 2 heterocycles. The number of hydrogen-bond acceptors (Lipinski definition) is 4. The van der Waals surface area contributed by atoms with Gasteiger partial charge < -0.3 is 10.1 Å². The first-order chi connectivity index (χ1) is 9.94. The lowest BCUT2D eigenvalue weighted by Gasteiger charge is -2.37. The summed E-state index contributed by atoms with van der Waals surface area (Å²) in [6.07, 6.45) is 1.99. The van der Waals surface area contributed by atoms with Crippen LogP contribution in [0.1, 0.15) is 39.0 Å². The Bertz CT molecular complexity index is 428. The van der Waals surface area contributed by atoms with Crippen molar-refractivity contribution in [2.24, 2.45) is 5.92 Å². The van der Waals surface area contributed by atoms with Gasteiger partial charge >= 0.3 is 0 Å². The second kappa shape index (κ2) is 7.34. The molecule has 1 aliphatic heterocycles. The highest BCUT2D eigenvalue weighted by Gasteiger charge is 2.27. The Morgan fingerprint density at radius 3 is 2.81 bits per heavy atom. The van der Waals surface area contributed by atoms with E-state index in [1.54, 1.807) is 0 Å². The first-order valence-electron chi connectivity index (χ1n) is 7.95. The van der Waals surface area contributed by atoms with Crippen molar-refractivity contribution in [1.82, 2.24) is 15.2 Å². The number of hydrogen-bond donors (Lipinski definition) is 1. The van der Waals surface area contributed by atoms with Gasteiger partial charge in [0, 0.05) is 32.4 Å². The predicted octanol–water partition coefficient (Wildman–Crippen LogP) is 2.44. The largest absolute Gasteiger partial charge is 0.373 e. The number of nitrogens with zero attached hydrogens (tertiary/aromatic N) is 2. The molecule has 1 fully saturated rings. The van der Waals surface area contributed by atoms with Gasteiger partial charge in [0.05, 0.1) is 17.9 Å². The van der Waals surface area contributed by atoms with Crippen LogP contribution in [0.25, 0.3) is 0 Å². The lowest BCUT2D eigenvalue weighted by atomic mass is 10.1. The van der Waals surface area contributed by atoms with E-state index in [2.05, 4.69) is 55.0 Å². The SMILES string of the molecule is CC(C)CNCc1ccc(CN2CCOC(C)(C)C2)nc1. The minimum Gasteiger partial charge on any atom is -0.373 e. The molecule has 1 aromatic heterocycles. The van der Waals surface area contributed by atoms with E-state index in [1.165, 1.54) is 5.56 Å². The maximum atomic E-state index is 5.75. The van der Waals surface area contributed by atoms with Gasteiger partial charge in [-0.2, -0.15) is 0 Å². The van der Waals surface area contributed by atoms with Gasteiger partial charge in [0.1, 0.15) is 0 Å². The molecule has 4 nitrogen and oxygen atoms in total. The minimum atomic E-state index is -0.0427. The molecule has 0 unspecified atom stereocenters. The molecule has 2 rings (SSSR count). The fraction of sp³-hybridized carbons (Fsp3) is 0.706. The van der Waals surface area contributed by atoms with Crippen molar-refractivity contribution >= 4 is 0 Å². The van der Waals surface area contributed by atoms with Crippen molar-refractivity contribution in [2.45, 2.75) is 46.4 Å². The molecule has 0 radical (unpaired) electrons. The standard InChI is InChI=1S/C17H29N3O/c1-14(2)9-18-10-15-5-6-16(19-11-15)12-20-7-8-21-17(3,4)13-20/h5-6,11,14,18H,7-10,12-13H2,1-4H3. The van der Waals surface area contributed by atoms with Gasteiger partial charge in [-0.05, 0) is 37.9 Å². The van der Waals surface area contributed by atoms with Crippen LogP contribution in [0.2, 0.25) is 0 Å². The Hall–Kier alpha value is -0.970. The van der Waals surface area contributed by atoms with E-state index in [4.69, 9.17) is 4.74 Å². The molecule has 1 aliphatic rings. The van der Waals surface area contributed by atoms with E-state index in [0.29, 0.717) is 5.92 Å². The zero-order chi connectivity index (χ0) is 15.3. The monoisotopic (exact) mass is 291 g/mol. The number of ether oxygens (including phenoxy) is 1. The van der Waals surface area contributed by atoms with Crippen LogP contribution in [0.3, 0.4) is 0 Å². The minimum absolute atomic E-state index is 0.0427. The Morgan fingerprint density at radius 1 is 1.38 bits per heavy atom. The number of rotatable bonds is 6. The summed E-state index contributed by atoms with van der Waals surface area (Å²) in [7, 11) is 0. The molecule has 1 saturated heterocycles. The molecule has 1 aromatic rings. The third-order valence-electron chi connectivity index (χ3n) is 3.66. The fourth-order valence-electron chi connectivity index (χ4n) is 2.64. The highest BCUT2D eigenvalue weighted by atomic mass is 16.5. The first-order valence-corrected chi connectivity index (χ1v) is 7.95. The van der Waals surface area contributed by atoms with Crippen molar-refractivity contribution in [3.8, 4) is 0 Å². The van der Waals surface area contributed by atoms with Crippen molar-refractivity contribution in [3.63, 3.8) is 0 Å². The zero-order valence-electron chi connectivity index (χ0n) is 13.9. The summed E-state index contributed by atoms with van der Waals surface area (Å²) in [5, 5.41) is 3.45. The summed E-state index contributed by atoms with van der Waals surface area (Å²) in [5.41, 5.74) is 2.35. The van der Waals surface area contributed by atoms with Gasteiger partial charge in [0.15, 0.2) is 0 Å². The third kappa shape index (κ3) is 5.73. The van der Waals surface area contributed by atoms with E-state index in [0.717, 1.165) is 45.0 Å². The highest BCUT2D eigenvalue weighted by molar-refractivity contribution is 5.14. The number of nitrogens with one attached hydrogen (secondary N) is 1. The maximum Gasteiger partial charge on any atom is 0.0753 e. The summed E-state index contributed by atoms with van der Waals surface area (Å²) in [6, 6.07) is 4.33. The van der Waals surface area contributed by atoms with Gasteiger partial charge in [-0.25, -0.2) is 0 Å². The van der Waals surface area contributed by atoms with Crippen LogP contribution in [-0.4, -0.2) is 41.7 Å². The molecular formula is C17H29N3O. The van der Waals surface area contributed by atoms with Gasteiger partial charge in [0.2, 0.25) is 0 Å². The molecule has 1 N–H and O–H groups in total. The molecule has 0 amide bonds. The molecule has 0 bridgehead atoms. The fourth-order valence-corrected chi connectivity index (χ4v) is 2.64.